The second-order valence-electron chi connectivity index (χ2n) is 4.88. The molecule has 10 heteroatoms. The van der Waals surface area contributed by atoms with E-state index < -0.39 is 36.5 Å². The summed E-state index contributed by atoms with van der Waals surface area (Å²) in [6.45, 7) is 0. The third kappa shape index (κ3) is 3.24. The lowest BCUT2D eigenvalue weighted by Crippen LogP contribution is -2.43. The summed E-state index contributed by atoms with van der Waals surface area (Å²) >= 11 is 5.82. The van der Waals surface area contributed by atoms with Crippen LogP contribution in [0.25, 0.3) is 11.0 Å². The van der Waals surface area contributed by atoms with Gasteiger partial charge in [0.25, 0.3) is 10.0 Å². The first-order valence-electron chi connectivity index (χ1n) is 6.81. The number of alkyl halides is 3. The predicted molar refractivity (Wildman–Crippen MR) is 86.7 cm³/mol. The van der Waals surface area contributed by atoms with E-state index in [0.29, 0.717) is 0 Å². The Kier molecular flexibility index (Phi) is 4.29. The minimum Gasteiger partial charge on any atom is -0.231 e. The molecule has 130 valence electrons. The molecule has 0 saturated carbocycles. The fourth-order valence-corrected chi connectivity index (χ4v) is 3.77. The summed E-state index contributed by atoms with van der Waals surface area (Å²) in [7, 11) is -4.98. The van der Waals surface area contributed by atoms with Gasteiger partial charge >= 0.3 is 6.30 Å². The van der Waals surface area contributed by atoms with Crippen molar-refractivity contribution in [2.45, 2.75) is 11.2 Å². The van der Waals surface area contributed by atoms with Gasteiger partial charge in [-0.25, -0.2) is 18.4 Å². The van der Waals surface area contributed by atoms with Crippen molar-refractivity contribution in [3.63, 3.8) is 0 Å². The Balaban J connectivity index is 2.27. The standard InChI is InChI=1S/C15H9ClF3N3O2S/c16-13-14(21-12-9-5-4-8-11(12)20-13)22(15(17,18)19)25(23,24)10-6-2-1-3-7-10/h1-9H. The molecule has 0 fully saturated rings. The quantitative estimate of drug-likeness (QED) is 0.637. The van der Waals surface area contributed by atoms with Crippen LogP contribution in [0.5, 0.6) is 0 Å². The monoisotopic (exact) mass is 387 g/mol. The minimum atomic E-state index is -5.28. The van der Waals surface area contributed by atoms with Crippen molar-refractivity contribution >= 4 is 38.5 Å². The highest BCUT2D eigenvalue weighted by molar-refractivity contribution is 7.92. The molecule has 3 rings (SSSR count). The number of anilines is 1. The van der Waals surface area contributed by atoms with Crippen LogP contribution in [0.3, 0.4) is 0 Å². The molecule has 1 aromatic heterocycles. The minimum absolute atomic E-state index is 0.0828. The maximum absolute atomic E-state index is 13.6. The molecule has 0 amide bonds. The Morgan fingerprint density at radius 2 is 1.40 bits per heavy atom. The third-order valence-electron chi connectivity index (χ3n) is 3.22. The van der Waals surface area contributed by atoms with Crippen molar-refractivity contribution in [2.24, 2.45) is 0 Å². The van der Waals surface area contributed by atoms with Gasteiger partial charge in [-0.05, 0) is 24.3 Å². The van der Waals surface area contributed by atoms with Crippen molar-refractivity contribution < 1.29 is 21.6 Å². The second kappa shape index (κ2) is 6.16. The fraction of sp³-hybridized carbons (Fsp3) is 0.0667. The van der Waals surface area contributed by atoms with Gasteiger partial charge in [-0.3, -0.25) is 0 Å². The second-order valence-corrected chi connectivity index (χ2v) is 7.02. The number of benzene rings is 2. The van der Waals surface area contributed by atoms with Gasteiger partial charge in [-0.1, -0.05) is 41.9 Å². The van der Waals surface area contributed by atoms with Crippen LogP contribution in [0.2, 0.25) is 5.15 Å². The number of para-hydroxylation sites is 2. The molecule has 0 atom stereocenters. The average molecular weight is 388 g/mol. The average Bonchev–Trinajstić information content (AvgIpc) is 2.55. The van der Waals surface area contributed by atoms with Gasteiger partial charge in [0, 0.05) is 0 Å². The molecule has 0 radical (unpaired) electrons. The van der Waals surface area contributed by atoms with Crippen LogP contribution in [0.4, 0.5) is 19.0 Å². The number of sulfonamides is 1. The molecule has 1 heterocycles. The summed E-state index contributed by atoms with van der Waals surface area (Å²) in [6.07, 6.45) is -5.28. The van der Waals surface area contributed by atoms with Crippen molar-refractivity contribution in [2.75, 3.05) is 4.31 Å². The molecular formula is C15H9ClF3N3O2S. The number of halogens is 4. The molecule has 25 heavy (non-hydrogen) atoms. The molecule has 5 nitrogen and oxygen atoms in total. The molecule has 0 aliphatic rings. The SMILES string of the molecule is O=S(=O)(c1ccccc1)N(c1nc2ccccc2nc1Cl)C(F)(F)F. The highest BCUT2D eigenvalue weighted by atomic mass is 35.5. The molecule has 3 aromatic rings. The van der Waals surface area contributed by atoms with Crippen LogP contribution >= 0.6 is 11.6 Å². The molecule has 0 saturated heterocycles. The molecule has 0 unspecified atom stereocenters. The zero-order chi connectivity index (χ0) is 18.2. The van der Waals surface area contributed by atoms with Gasteiger partial charge in [-0.15, -0.1) is 13.2 Å². The van der Waals surface area contributed by atoms with E-state index in [9.17, 15) is 21.6 Å². The Hall–Kier alpha value is -2.39. The lowest BCUT2D eigenvalue weighted by Gasteiger charge is -2.25. The Labute approximate surface area is 145 Å². The van der Waals surface area contributed by atoms with E-state index in [1.807, 2.05) is 0 Å². The van der Waals surface area contributed by atoms with Crippen molar-refractivity contribution in [1.82, 2.24) is 9.97 Å². The Morgan fingerprint density at radius 3 is 1.96 bits per heavy atom. The number of rotatable bonds is 3. The zero-order valence-corrected chi connectivity index (χ0v) is 13.8. The van der Waals surface area contributed by atoms with Crippen molar-refractivity contribution in [1.29, 1.82) is 0 Å². The van der Waals surface area contributed by atoms with Gasteiger partial charge < -0.3 is 0 Å². The van der Waals surface area contributed by atoms with Crippen molar-refractivity contribution in [3.05, 3.63) is 59.8 Å². The van der Waals surface area contributed by atoms with E-state index >= 15 is 0 Å². The summed E-state index contributed by atoms with van der Waals surface area (Å²) < 4.78 is 65.1. The van der Waals surface area contributed by atoms with Crippen LogP contribution in [0.15, 0.2) is 59.5 Å². The number of aromatic nitrogens is 2. The fourth-order valence-electron chi connectivity index (χ4n) is 2.17. The first-order valence-corrected chi connectivity index (χ1v) is 8.62. The molecule has 0 aliphatic heterocycles. The maximum atomic E-state index is 13.6. The van der Waals surface area contributed by atoms with E-state index in [2.05, 4.69) is 9.97 Å². The summed E-state index contributed by atoms with van der Waals surface area (Å²) in [5, 5.41) is -0.671. The van der Waals surface area contributed by atoms with Gasteiger partial charge in [0.05, 0.1) is 15.9 Å². The maximum Gasteiger partial charge on any atom is 0.500 e. The lowest BCUT2D eigenvalue weighted by molar-refractivity contribution is -0.116. The topological polar surface area (TPSA) is 63.2 Å². The summed E-state index contributed by atoms with van der Waals surface area (Å²) in [6, 6.07) is 12.3. The van der Waals surface area contributed by atoms with Gasteiger partial charge in [0.1, 0.15) is 0 Å². The Bertz CT molecular complexity index is 1030. The number of nitrogens with zero attached hydrogens (tertiary/aromatic N) is 3. The van der Waals surface area contributed by atoms with Crippen LogP contribution in [-0.4, -0.2) is 24.7 Å². The number of hydrogen-bond donors (Lipinski definition) is 0. The smallest absolute Gasteiger partial charge is 0.231 e. The first kappa shape index (κ1) is 17.4. The largest absolute Gasteiger partial charge is 0.500 e. The molecule has 0 bridgehead atoms. The first-order chi connectivity index (χ1) is 11.7. The van der Waals surface area contributed by atoms with E-state index in [4.69, 9.17) is 11.6 Å². The van der Waals surface area contributed by atoms with Crippen LogP contribution in [-0.2, 0) is 10.0 Å². The molecule has 0 aliphatic carbocycles. The molecule has 0 N–H and O–H groups in total. The van der Waals surface area contributed by atoms with E-state index in [-0.39, 0.29) is 11.0 Å². The van der Waals surface area contributed by atoms with Crippen LogP contribution < -0.4 is 4.31 Å². The molecule has 2 aromatic carbocycles. The van der Waals surface area contributed by atoms with Gasteiger partial charge in [0.15, 0.2) is 11.0 Å². The van der Waals surface area contributed by atoms with Crippen LogP contribution in [0, 0.1) is 0 Å². The highest BCUT2D eigenvalue weighted by Crippen LogP contribution is 2.37. The Morgan fingerprint density at radius 1 is 0.880 bits per heavy atom. The summed E-state index contributed by atoms with van der Waals surface area (Å²) in [5.74, 6) is -1.00. The third-order valence-corrected chi connectivity index (χ3v) is 5.20. The number of hydrogen-bond acceptors (Lipinski definition) is 4. The zero-order valence-electron chi connectivity index (χ0n) is 12.3. The number of fused-ring (bicyclic) bond motifs is 1. The van der Waals surface area contributed by atoms with E-state index in [0.717, 1.165) is 12.1 Å². The normalized spacial score (nSPS) is 12.3. The predicted octanol–water partition coefficient (Wildman–Crippen LogP) is 4.00. The molecular weight excluding hydrogens is 379 g/mol. The molecule has 0 spiro atoms. The van der Waals surface area contributed by atoms with Gasteiger partial charge in [0.2, 0.25) is 0 Å². The van der Waals surface area contributed by atoms with Crippen molar-refractivity contribution in [3.8, 4) is 0 Å². The highest BCUT2D eigenvalue weighted by Gasteiger charge is 2.48. The lowest BCUT2D eigenvalue weighted by atomic mass is 10.3. The van der Waals surface area contributed by atoms with Crippen LogP contribution in [0.1, 0.15) is 0 Å². The van der Waals surface area contributed by atoms with Gasteiger partial charge in [-0.2, -0.15) is 4.31 Å². The van der Waals surface area contributed by atoms with E-state index in [1.165, 1.54) is 30.3 Å². The summed E-state index contributed by atoms with van der Waals surface area (Å²) in [4.78, 5) is 7.04. The summed E-state index contributed by atoms with van der Waals surface area (Å²) in [5.41, 5.74) is 0.329. The van der Waals surface area contributed by atoms with E-state index in [1.54, 1.807) is 12.1 Å².